The Hall–Kier alpha value is -1.93. The summed E-state index contributed by atoms with van der Waals surface area (Å²) in [5.74, 6) is -1.14. The third-order valence-corrected chi connectivity index (χ3v) is 3.34. The zero-order chi connectivity index (χ0) is 15.1. The van der Waals surface area contributed by atoms with Gasteiger partial charge in [0.1, 0.15) is 5.69 Å². The number of aryl methyl sites for hydroxylation is 1. The second kappa shape index (κ2) is 7.75. The molecule has 0 spiro atoms. The van der Waals surface area contributed by atoms with Crippen LogP contribution in [0.5, 0.6) is 0 Å². The minimum absolute atomic E-state index is 0.0936. The van der Waals surface area contributed by atoms with Crippen molar-refractivity contribution < 1.29 is 19.4 Å². The minimum atomic E-state index is -1.04. The molecule has 1 saturated heterocycles. The molecule has 1 aromatic rings. The Balaban J connectivity index is 1.65. The van der Waals surface area contributed by atoms with Crippen LogP contribution in [0.2, 0.25) is 0 Å². The minimum Gasteiger partial charge on any atom is -0.477 e. The predicted molar refractivity (Wildman–Crippen MR) is 74.1 cm³/mol. The van der Waals surface area contributed by atoms with Gasteiger partial charge < -0.3 is 15.2 Å². The molecule has 1 aliphatic heterocycles. The highest BCUT2D eigenvalue weighted by molar-refractivity contribution is 5.85. The van der Waals surface area contributed by atoms with Gasteiger partial charge in [0.05, 0.1) is 19.8 Å². The fourth-order valence-corrected chi connectivity index (χ4v) is 2.17. The molecular formula is C13H20N4O4. The molecule has 1 fully saturated rings. The molecule has 2 rings (SSSR count). The van der Waals surface area contributed by atoms with Crippen molar-refractivity contribution in [2.75, 3.05) is 39.4 Å². The lowest BCUT2D eigenvalue weighted by Gasteiger charge is -2.26. The van der Waals surface area contributed by atoms with Crippen LogP contribution in [0.3, 0.4) is 0 Å². The molecule has 0 aromatic carbocycles. The Morgan fingerprint density at radius 3 is 2.81 bits per heavy atom. The summed E-state index contributed by atoms with van der Waals surface area (Å²) < 4.78 is 6.57. The van der Waals surface area contributed by atoms with Crippen LogP contribution in [0.25, 0.3) is 0 Å². The first-order valence-corrected chi connectivity index (χ1v) is 6.99. The second-order valence-corrected chi connectivity index (χ2v) is 4.80. The number of aromatic nitrogens is 2. The first-order chi connectivity index (χ1) is 10.2. The Kier molecular flexibility index (Phi) is 5.70. The molecule has 2 heterocycles. The number of carboxylic acids is 1. The fourth-order valence-electron chi connectivity index (χ4n) is 2.17. The lowest BCUT2D eigenvalue weighted by molar-refractivity contribution is -0.121. The van der Waals surface area contributed by atoms with E-state index in [0.29, 0.717) is 6.54 Å². The molecular weight excluding hydrogens is 276 g/mol. The quantitative estimate of drug-likeness (QED) is 0.699. The molecule has 0 atom stereocenters. The number of hydrogen-bond acceptors (Lipinski definition) is 5. The first kappa shape index (κ1) is 15.5. The van der Waals surface area contributed by atoms with Crippen LogP contribution in [0, 0.1) is 0 Å². The Morgan fingerprint density at radius 1 is 1.33 bits per heavy atom. The van der Waals surface area contributed by atoms with Gasteiger partial charge in [-0.15, -0.1) is 0 Å². The zero-order valence-corrected chi connectivity index (χ0v) is 11.8. The van der Waals surface area contributed by atoms with E-state index >= 15 is 0 Å². The number of carboxylic acid groups (broad SMARTS) is 1. The van der Waals surface area contributed by atoms with Crippen molar-refractivity contribution in [1.29, 1.82) is 0 Å². The molecule has 0 bridgehead atoms. The van der Waals surface area contributed by atoms with Gasteiger partial charge in [0.25, 0.3) is 0 Å². The van der Waals surface area contributed by atoms with Gasteiger partial charge in [-0.1, -0.05) is 0 Å². The lowest BCUT2D eigenvalue weighted by atomic mass is 10.3. The van der Waals surface area contributed by atoms with Gasteiger partial charge in [0.15, 0.2) is 0 Å². The number of hydrogen-bond donors (Lipinski definition) is 2. The van der Waals surface area contributed by atoms with Crippen LogP contribution in [0.4, 0.5) is 0 Å². The molecule has 1 amide bonds. The third-order valence-electron chi connectivity index (χ3n) is 3.34. The molecule has 8 heteroatoms. The van der Waals surface area contributed by atoms with Gasteiger partial charge in [-0.3, -0.25) is 14.4 Å². The van der Waals surface area contributed by atoms with Gasteiger partial charge in [0.2, 0.25) is 5.91 Å². The lowest BCUT2D eigenvalue weighted by Crippen LogP contribution is -2.41. The summed E-state index contributed by atoms with van der Waals surface area (Å²) >= 11 is 0. The molecule has 21 heavy (non-hydrogen) atoms. The maximum absolute atomic E-state index is 11.7. The molecule has 0 saturated carbocycles. The van der Waals surface area contributed by atoms with Crippen molar-refractivity contribution in [3.8, 4) is 0 Å². The highest BCUT2D eigenvalue weighted by atomic mass is 16.5. The maximum atomic E-state index is 11.7. The van der Waals surface area contributed by atoms with Crippen molar-refractivity contribution in [1.82, 2.24) is 20.0 Å². The fraction of sp³-hybridized carbons (Fsp3) is 0.615. The summed E-state index contributed by atoms with van der Waals surface area (Å²) in [5.41, 5.74) is 0.0936. The molecule has 1 aromatic heterocycles. The Labute approximate surface area is 122 Å². The average molecular weight is 296 g/mol. The van der Waals surface area contributed by atoms with E-state index in [0.717, 1.165) is 32.8 Å². The van der Waals surface area contributed by atoms with Crippen LogP contribution in [-0.2, 0) is 16.1 Å². The van der Waals surface area contributed by atoms with Gasteiger partial charge >= 0.3 is 5.97 Å². The van der Waals surface area contributed by atoms with E-state index in [4.69, 9.17) is 9.84 Å². The zero-order valence-electron chi connectivity index (χ0n) is 11.8. The Morgan fingerprint density at radius 2 is 2.10 bits per heavy atom. The molecule has 0 radical (unpaired) electrons. The number of nitrogens with one attached hydrogen (secondary N) is 1. The summed E-state index contributed by atoms with van der Waals surface area (Å²) in [7, 11) is 0. The number of aromatic carboxylic acids is 1. The van der Waals surface area contributed by atoms with Crippen molar-refractivity contribution >= 4 is 11.9 Å². The SMILES string of the molecule is O=C(CCn1nccc1C(=O)O)NCCN1CCOCC1. The summed E-state index contributed by atoms with van der Waals surface area (Å²) in [6.07, 6.45) is 1.63. The summed E-state index contributed by atoms with van der Waals surface area (Å²) in [5, 5.41) is 15.7. The number of carbonyl (C=O) groups is 2. The van der Waals surface area contributed by atoms with Gasteiger partial charge in [-0.05, 0) is 6.07 Å². The van der Waals surface area contributed by atoms with E-state index in [9.17, 15) is 9.59 Å². The van der Waals surface area contributed by atoms with Crippen LogP contribution in [0.1, 0.15) is 16.9 Å². The molecule has 8 nitrogen and oxygen atoms in total. The van der Waals surface area contributed by atoms with E-state index in [1.807, 2.05) is 0 Å². The molecule has 0 aliphatic carbocycles. The van der Waals surface area contributed by atoms with E-state index in [1.165, 1.54) is 16.9 Å². The highest BCUT2D eigenvalue weighted by Crippen LogP contribution is 2.00. The van der Waals surface area contributed by atoms with Crippen LogP contribution >= 0.6 is 0 Å². The average Bonchev–Trinajstić information content (AvgIpc) is 2.95. The van der Waals surface area contributed by atoms with E-state index < -0.39 is 5.97 Å². The van der Waals surface area contributed by atoms with E-state index in [1.54, 1.807) is 0 Å². The summed E-state index contributed by atoms with van der Waals surface area (Å²) in [4.78, 5) is 24.9. The van der Waals surface area contributed by atoms with Crippen molar-refractivity contribution in [3.05, 3.63) is 18.0 Å². The van der Waals surface area contributed by atoms with Gasteiger partial charge in [0, 0.05) is 38.8 Å². The molecule has 1 aliphatic rings. The van der Waals surface area contributed by atoms with E-state index in [-0.39, 0.29) is 24.6 Å². The van der Waals surface area contributed by atoms with Crippen LogP contribution in [-0.4, -0.2) is 71.1 Å². The standard InChI is InChI=1S/C13H20N4O4/c18-12(14-4-6-16-7-9-21-10-8-16)2-5-17-11(13(19)20)1-3-15-17/h1,3H,2,4-10H2,(H,14,18)(H,19,20). The summed E-state index contributed by atoms with van der Waals surface area (Å²) in [6, 6.07) is 1.42. The summed E-state index contributed by atoms with van der Waals surface area (Å²) in [6.45, 7) is 4.92. The smallest absolute Gasteiger partial charge is 0.354 e. The number of carbonyl (C=O) groups excluding carboxylic acids is 1. The van der Waals surface area contributed by atoms with Crippen molar-refractivity contribution in [2.24, 2.45) is 0 Å². The van der Waals surface area contributed by atoms with Gasteiger partial charge in [-0.2, -0.15) is 5.10 Å². The molecule has 116 valence electrons. The number of amides is 1. The van der Waals surface area contributed by atoms with E-state index in [2.05, 4.69) is 15.3 Å². The molecule has 0 unspecified atom stereocenters. The number of morpholine rings is 1. The normalized spacial score (nSPS) is 15.8. The van der Waals surface area contributed by atoms with Gasteiger partial charge in [-0.25, -0.2) is 4.79 Å². The number of nitrogens with zero attached hydrogens (tertiary/aromatic N) is 3. The Bertz CT molecular complexity index is 482. The first-order valence-electron chi connectivity index (χ1n) is 6.99. The number of ether oxygens (including phenoxy) is 1. The second-order valence-electron chi connectivity index (χ2n) is 4.80. The van der Waals surface area contributed by atoms with Crippen LogP contribution in [0.15, 0.2) is 12.3 Å². The van der Waals surface area contributed by atoms with Crippen molar-refractivity contribution in [2.45, 2.75) is 13.0 Å². The monoisotopic (exact) mass is 296 g/mol. The van der Waals surface area contributed by atoms with Crippen molar-refractivity contribution in [3.63, 3.8) is 0 Å². The number of rotatable bonds is 7. The predicted octanol–water partition coefficient (Wildman–Crippen LogP) is -0.580. The maximum Gasteiger partial charge on any atom is 0.354 e. The third kappa shape index (κ3) is 4.83. The largest absolute Gasteiger partial charge is 0.477 e. The highest BCUT2D eigenvalue weighted by Gasteiger charge is 2.12. The topological polar surface area (TPSA) is 96.7 Å². The molecule has 2 N–H and O–H groups in total. The van der Waals surface area contributed by atoms with Crippen LogP contribution < -0.4 is 5.32 Å².